The number of carbonyl (C=O) groups is 1. The second-order valence-electron chi connectivity index (χ2n) is 12.4. The van der Waals surface area contributed by atoms with E-state index < -0.39 is 5.60 Å². The Labute approximate surface area is 241 Å². The van der Waals surface area contributed by atoms with Gasteiger partial charge in [-0.05, 0) is 92.2 Å². The zero-order chi connectivity index (χ0) is 29.7. The third kappa shape index (κ3) is 6.80. The van der Waals surface area contributed by atoms with Crippen molar-refractivity contribution in [2.45, 2.75) is 105 Å². The minimum Gasteiger partial charge on any atom is -0.466 e. The number of carbonyl (C=O) groups excluding carboxylic acids is 1. The van der Waals surface area contributed by atoms with Crippen LogP contribution in [0.4, 0.5) is 0 Å². The lowest BCUT2D eigenvalue weighted by atomic mass is 9.69. The number of aliphatic hydroxyl groups is 1. The highest BCUT2D eigenvalue weighted by Gasteiger charge is 2.35. The number of hydrogen-bond donors (Lipinski definition) is 1. The molecule has 0 saturated heterocycles. The van der Waals surface area contributed by atoms with Gasteiger partial charge in [0.1, 0.15) is 0 Å². The number of hydrogen-bond acceptors (Lipinski definition) is 5. The Morgan fingerprint density at radius 3 is 1.95 bits per heavy atom. The van der Waals surface area contributed by atoms with Crippen LogP contribution in [0, 0.1) is 19.3 Å². The predicted octanol–water partition coefficient (Wildman–Crippen LogP) is 7.70. The highest BCUT2D eigenvalue weighted by molar-refractivity contribution is 5.72. The van der Waals surface area contributed by atoms with Crippen LogP contribution in [0.5, 0.6) is 0 Å². The molecule has 3 aromatic rings. The fourth-order valence-corrected chi connectivity index (χ4v) is 5.44. The van der Waals surface area contributed by atoms with Crippen molar-refractivity contribution in [3.8, 4) is 11.4 Å². The first kappa shape index (κ1) is 31.5. The highest BCUT2D eigenvalue weighted by Crippen LogP contribution is 2.41. The molecule has 2 aromatic carbocycles. The minimum atomic E-state index is -0.723. The van der Waals surface area contributed by atoms with Gasteiger partial charge < -0.3 is 9.84 Å². The molecule has 5 nitrogen and oxygen atoms in total. The van der Waals surface area contributed by atoms with E-state index in [-0.39, 0.29) is 23.2 Å². The summed E-state index contributed by atoms with van der Waals surface area (Å²) in [6.45, 7) is 19.2. The summed E-state index contributed by atoms with van der Waals surface area (Å²) in [5.74, 6) is 0.386. The summed E-state index contributed by atoms with van der Waals surface area (Å²) in [4.78, 5) is 20.9. The summed E-state index contributed by atoms with van der Waals surface area (Å²) >= 11 is 0. The molecular formula is C35H48N2O3. The summed E-state index contributed by atoms with van der Waals surface area (Å²) < 4.78 is 5.03. The van der Waals surface area contributed by atoms with Crippen LogP contribution in [-0.4, -0.2) is 33.3 Å². The molecule has 0 fully saturated rings. The Balaban J connectivity index is 1.88. The largest absolute Gasteiger partial charge is 0.466 e. The zero-order valence-electron chi connectivity index (χ0n) is 26.0. The van der Waals surface area contributed by atoms with Gasteiger partial charge in [-0.25, -0.2) is 9.97 Å². The van der Waals surface area contributed by atoms with E-state index in [2.05, 4.69) is 94.8 Å². The number of aromatic nitrogens is 2. The topological polar surface area (TPSA) is 72.3 Å². The quantitative estimate of drug-likeness (QED) is 0.250. The van der Waals surface area contributed by atoms with E-state index >= 15 is 0 Å². The van der Waals surface area contributed by atoms with Crippen molar-refractivity contribution in [2.75, 3.05) is 6.61 Å². The van der Waals surface area contributed by atoms with E-state index in [1.165, 1.54) is 22.3 Å². The van der Waals surface area contributed by atoms with E-state index in [1.807, 2.05) is 6.92 Å². The van der Waals surface area contributed by atoms with Crippen molar-refractivity contribution in [1.29, 1.82) is 0 Å². The van der Waals surface area contributed by atoms with Crippen molar-refractivity contribution in [3.05, 3.63) is 82.2 Å². The summed E-state index contributed by atoms with van der Waals surface area (Å²) in [6.07, 6.45) is 7.15. The smallest absolute Gasteiger partial charge is 0.310 e. The second kappa shape index (κ2) is 12.6. The van der Waals surface area contributed by atoms with Gasteiger partial charge in [-0.1, -0.05) is 71.0 Å². The second-order valence-corrected chi connectivity index (χ2v) is 12.4. The molecule has 1 unspecified atom stereocenters. The average Bonchev–Trinajstić information content (AvgIpc) is 2.89. The van der Waals surface area contributed by atoms with Crippen LogP contribution >= 0.6 is 0 Å². The monoisotopic (exact) mass is 544 g/mol. The van der Waals surface area contributed by atoms with Gasteiger partial charge in [-0.15, -0.1) is 0 Å². The maximum Gasteiger partial charge on any atom is 0.310 e. The van der Waals surface area contributed by atoms with Crippen LogP contribution in [0.1, 0.15) is 101 Å². The van der Waals surface area contributed by atoms with E-state index in [0.29, 0.717) is 12.4 Å². The maximum absolute atomic E-state index is 11.8. The van der Waals surface area contributed by atoms with Crippen molar-refractivity contribution < 1.29 is 14.6 Å². The van der Waals surface area contributed by atoms with Crippen LogP contribution in [0.15, 0.2) is 48.8 Å². The van der Waals surface area contributed by atoms with Crippen molar-refractivity contribution in [2.24, 2.45) is 5.41 Å². The molecule has 0 aliphatic carbocycles. The van der Waals surface area contributed by atoms with Gasteiger partial charge in [0.2, 0.25) is 0 Å². The minimum absolute atomic E-state index is 0.103. The van der Waals surface area contributed by atoms with Crippen LogP contribution in [0.2, 0.25) is 0 Å². The van der Waals surface area contributed by atoms with Gasteiger partial charge in [0.25, 0.3) is 0 Å². The lowest BCUT2D eigenvalue weighted by Gasteiger charge is -2.37. The highest BCUT2D eigenvalue weighted by atomic mass is 16.5. The summed E-state index contributed by atoms with van der Waals surface area (Å²) in [5.41, 5.74) is 7.06. The predicted molar refractivity (Wildman–Crippen MR) is 163 cm³/mol. The number of aryl methyl sites for hydroxylation is 3. The van der Waals surface area contributed by atoms with E-state index in [0.717, 1.165) is 42.4 Å². The Hall–Kier alpha value is -3.05. The molecule has 0 bridgehead atoms. The van der Waals surface area contributed by atoms with Crippen LogP contribution in [0.3, 0.4) is 0 Å². The molecule has 1 N–H and O–H groups in total. The Kier molecular flexibility index (Phi) is 9.94. The molecule has 0 amide bonds. The molecule has 1 heterocycles. The molecule has 0 aliphatic heterocycles. The van der Waals surface area contributed by atoms with Crippen molar-refractivity contribution in [1.82, 2.24) is 9.97 Å². The van der Waals surface area contributed by atoms with E-state index in [1.54, 1.807) is 19.3 Å². The molecule has 0 aliphatic rings. The molecule has 1 atom stereocenters. The summed E-state index contributed by atoms with van der Waals surface area (Å²) in [6, 6.07) is 13.5. The van der Waals surface area contributed by atoms with Gasteiger partial charge in [-0.3, -0.25) is 4.79 Å². The third-order valence-corrected chi connectivity index (χ3v) is 8.98. The van der Waals surface area contributed by atoms with Gasteiger partial charge in [0.15, 0.2) is 5.82 Å². The Morgan fingerprint density at radius 1 is 0.875 bits per heavy atom. The first-order valence-electron chi connectivity index (χ1n) is 14.7. The normalized spacial score (nSPS) is 13.7. The Morgan fingerprint density at radius 2 is 1.45 bits per heavy atom. The SMILES string of the molecule is CCOC(=O)Cc1cnc(-c2ccc(C(CC)(CC)c3ccc(CCC(C)(O)C(C)(C)C)c(C)c3)cc2C)nc1. The number of esters is 1. The molecule has 0 radical (unpaired) electrons. The van der Waals surface area contributed by atoms with E-state index in [4.69, 9.17) is 4.74 Å². The van der Waals surface area contributed by atoms with E-state index in [9.17, 15) is 9.90 Å². The first-order valence-corrected chi connectivity index (χ1v) is 14.7. The van der Waals surface area contributed by atoms with Crippen molar-refractivity contribution >= 4 is 5.97 Å². The standard InChI is InChI=1S/C35H48N2O3/c1-10-35(11-2,28-14-13-27(24(4)19-28)17-18-34(9,39)33(6,7)8)29-15-16-30(25(5)20-29)32-36-22-26(23-37-32)21-31(38)40-12-3/h13-16,19-20,22-23,39H,10-12,17-18,21H2,1-9H3. The zero-order valence-corrected chi connectivity index (χ0v) is 26.0. The molecule has 216 valence electrons. The van der Waals surface area contributed by atoms with Gasteiger partial charge in [-0.2, -0.15) is 0 Å². The van der Waals surface area contributed by atoms with Gasteiger partial charge in [0.05, 0.1) is 18.6 Å². The van der Waals surface area contributed by atoms with Crippen LogP contribution < -0.4 is 0 Å². The molecule has 0 spiro atoms. The number of rotatable bonds is 11. The third-order valence-electron chi connectivity index (χ3n) is 8.98. The van der Waals surface area contributed by atoms with Gasteiger partial charge >= 0.3 is 5.97 Å². The molecule has 1 aromatic heterocycles. The molecule has 40 heavy (non-hydrogen) atoms. The van der Waals surface area contributed by atoms with Crippen LogP contribution in [-0.2, 0) is 27.8 Å². The molecule has 0 saturated carbocycles. The van der Waals surface area contributed by atoms with Crippen molar-refractivity contribution in [3.63, 3.8) is 0 Å². The molecule has 5 heteroatoms. The fraction of sp³-hybridized carbons (Fsp3) is 0.514. The Bertz CT molecular complexity index is 1300. The van der Waals surface area contributed by atoms with Gasteiger partial charge in [0, 0.05) is 23.4 Å². The summed E-state index contributed by atoms with van der Waals surface area (Å²) in [5, 5.41) is 11.0. The lowest BCUT2D eigenvalue weighted by molar-refractivity contribution is -0.142. The molecule has 3 rings (SSSR count). The fourth-order valence-electron chi connectivity index (χ4n) is 5.44. The average molecular weight is 545 g/mol. The van der Waals surface area contributed by atoms with Crippen LogP contribution in [0.25, 0.3) is 11.4 Å². The number of nitrogens with zero attached hydrogens (tertiary/aromatic N) is 2. The lowest BCUT2D eigenvalue weighted by Crippen LogP contribution is -2.40. The maximum atomic E-state index is 11.8. The first-order chi connectivity index (χ1) is 18.8. The number of ether oxygens (including phenoxy) is 1. The number of benzene rings is 2. The molecular weight excluding hydrogens is 496 g/mol. The summed E-state index contributed by atoms with van der Waals surface area (Å²) in [7, 11) is 0.